The molecule has 0 amide bonds. The fraction of sp³-hybridized carbons (Fsp3) is 0.238. The van der Waals surface area contributed by atoms with E-state index in [-0.39, 0.29) is 5.54 Å². The summed E-state index contributed by atoms with van der Waals surface area (Å²) in [6.45, 7) is 8.34. The quantitative estimate of drug-likeness (QED) is 0.539. The first-order valence-corrected chi connectivity index (χ1v) is 9.35. The molecule has 0 fully saturated rings. The second-order valence-electron chi connectivity index (χ2n) is 7.31. The van der Waals surface area contributed by atoms with E-state index in [9.17, 15) is 0 Å². The van der Waals surface area contributed by atoms with Gasteiger partial charge < -0.3 is 10.6 Å². The first kappa shape index (κ1) is 18.4. The lowest BCUT2D eigenvalue weighted by Crippen LogP contribution is -2.27. The number of aromatic nitrogens is 2. The first-order chi connectivity index (χ1) is 12.3. The highest BCUT2D eigenvalue weighted by molar-refractivity contribution is 9.10. The Morgan fingerprint density at radius 3 is 2.31 bits per heavy atom. The minimum atomic E-state index is -0.128. The van der Waals surface area contributed by atoms with Crippen molar-refractivity contribution in [3.05, 3.63) is 64.6 Å². The van der Waals surface area contributed by atoms with Crippen LogP contribution < -0.4 is 10.6 Å². The highest BCUT2D eigenvalue weighted by atomic mass is 79.9. The number of nitrogens with one attached hydrogen (secondary N) is 2. The molecule has 0 aliphatic carbocycles. The van der Waals surface area contributed by atoms with Crippen molar-refractivity contribution in [3.8, 4) is 11.3 Å². The van der Waals surface area contributed by atoms with Gasteiger partial charge in [0.1, 0.15) is 5.82 Å². The minimum absolute atomic E-state index is 0.128. The zero-order valence-corrected chi connectivity index (χ0v) is 17.1. The predicted octanol–water partition coefficient (Wildman–Crippen LogP) is 6.17. The highest BCUT2D eigenvalue weighted by Gasteiger charge is 2.14. The molecule has 1 aromatic heterocycles. The highest BCUT2D eigenvalue weighted by Crippen LogP contribution is 2.29. The molecule has 0 saturated carbocycles. The molecular weight excluding hydrogens is 388 g/mol. The van der Waals surface area contributed by atoms with Gasteiger partial charge in [-0.3, -0.25) is 0 Å². The molecule has 134 valence electrons. The lowest BCUT2D eigenvalue weighted by molar-refractivity contribution is 0.626. The summed E-state index contributed by atoms with van der Waals surface area (Å²) in [5.74, 6) is 1.35. The van der Waals surface area contributed by atoms with Gasteiger partial charge in [-0.05, 0) is 61.3 Å². The number of nitrogens with zero attached hydrogens (tertiary/aromatic N) is 2. The van der Waals surface area contributed by atoms with Crippen LogP contribution in [0.1, 0.15) is 26.3 Å². The Morgan fingerprint density at radius 2 is 1.65 bits per heavy atom. The van der Waals surface area contributed by atoms with E-state index in [4.69, 9.17) is 4.98 Å². The molecule has 2 aromatic carbocycles. The molecule has 0 aliphatic rings. The number of anilines is 3. The van der Waals surface area contributed by atoms with E-state index in [0.29, 0.717) is 5.95 Å². The summed E-state index contributed by atoms with van der Waals surface area (Å²) < 4.78 is 1.00. The lowest BCUT2D eigenvalue weighted by atomic mass is 10.1. The SMILES string of the molecule is Cc1ccc(Nc2cc(-c3ccccc3)nc(NC(C)(C)C)n2)c(Br)c1. The van der Waals surface area contributed by atoms with Gasteiger partial charge in [0.2, 0.25) is 5.95 Å². The molecule has 3 aromatic rings. The van der Waals surface area contributed by atoms with Crippen LogP contribution in [0.4, 0.5) is 17.5 Å². The Morgan fingerprint density at radius 1 is 0.923 bits per heavy atom. The van der Waals surface area contributed by atoms with Crippen LogP contribution in [0.15, 0.2) is 59.1 Å². The van der Waals surface area contributed by atoms with E-state index in [1.807, 2.05) is 30.3 Å². The van der Waals surface area contributed by atoms with Crippen molar-refractivity contribution < 1.29 is 0 Å². The van der Waals surface area contributed by atoms with Crippen molar-refractivity contribution in [3.63, 3.8) is 0 Å². The van der Waals surface area contributed by atoms with Crippen LogP contribution in [0.5, 0.6) is 0 Å². The maximum absolute atomic E-state index is 4.69. The topological polar surface area (TPSA) is 49.8 Å². The maximum Gasteiger partial charge on any atom is 0.225 e. The van der Waals surface area contributed by atoms with Crippen LogP contribution in [0.3, 0.4) is 0 Å². The van der Waals surface area contributed by atoms with Crippen LogP contribution in [0, 0.1) is 6.92 Å². The van der Waals surface area contributed by atoms with E-state index in [1.165, 1.54) is 5.56 Å². The number of halogens is 1. The molecule has 0 unspecified atom stereocenters. The maximum atomic E-state index is 4.69. The summed E-state index contributed by atoms with van der Waals surface area (Å²) in [7, 11) is 0. The third-order valence-electron chi connectivity index (χ3n) is 3.67. The molecule has 4 nitrogen and oxygen atoms in total. The van der Waals surface area contributed by atoms with Crippen molar-refractivity contribution >= 4 is 33.4 Å². The van der Waals surface area contributed by atoms with E-state index < -0.39 is 0 Å². The Labute approximate surface area is 163 Å². The molecule has 0 bridgehead atoms. The van der Waals surface area contributed by atoms with E-state index in [0.717, 1.165) is 27.2 Å². The second-order valence-corrected chi connectivity index (χ2v) is 8.17. The fourth-order valence-corrected chi connectivity index (χ4v) is 3.11. The molecule has 0 saturated heterocycles. The zero-order valence-electron chi connectivity index (χ0n) is 15.5. The molecule has 0 spiro atoms. The van der Waals surface area contributed by atoms with Gasteiger partial charge in [-0.25, -0.2) is 4.98 Å². The number of hydrogen-bond donors (Lipinski definition) is 2. The molecule has 0 radical (unpaired) electrons. The van der Waals surface area contributed by atoms with Gasteiger partial charge in [0, 0.05) is 21.6 Å². The molecular formula is C21H23BrN4. The normalized spacial score (nSPS) is 11.3. The van der Waals surface area contributed by atoms with Gasteiger partial charge in [-0.1, -0.05) is 36.4 Å². The molecule has 26 heavy (non-hydrogen) atoms. The second kappa shape index (κ2) is 7.46. The van der Waals surface area contributed by atoms with Crippen LogP contribution in [-0.2, 0) is 0 Å². The van der Waals surface area contributed by atoms with Crippen molar-refractivity contribution in [2.45, 2.75) is 33.2 Å². The van der Waals surface area contributed by atoms with E-state index in [1.54, 1.807) is 0 Å². The molecule has 1 heterocycles. The van der Waals surface area contributed by atoms with Gasteiger partial charge in [0.15, 0.2) is 0 Å². The van der Waals surface area contributed by atoms with Gasteiger partial charge >= 0.3 is 0 Å². The fourth-order valence-electron chi connectivity index (χ4n) is 2.52. The monoisotopic (exact) mass is 410 g/mol. The molecule has 5 heteroatoms. The first-order valence-electron chi connectivity index (χ1n) is 8.56. The standard InChI is InChI=1S/C21H23BrN4/c1-14-10-11-17(16(22)12-14)23-19-13-18(15-8-6-5-7-9-15)24-20(25-19)26-21(2,3)4/h5-13H,1-4H3,(H2,23,24,25,26). The lowest BCUT2D eigenvalue weighted by Gasteiger charge is -2.21. The average molecular weight is 411 g/mol. The Bertz CT molecular complexity index is 902. The summed E-state index contributed by atoms with van der Waals surface area (Å²) in [4.78, 5) is 9.34. The van der Waals surface area contributed by atoms with E-state index >= 15 is 0 Å². The Hall–Kier alpha value is -2.40. The smallest absolute Gasteiger partial charge is 0.225 e. The van der Waals surface area contributed by atoms with Crippen LogP contribution in [0.2, 0.25) is 0 Å². The Kier molecular flexibility index (Phi) is 5.28. The number of benzene rings is 2. The van der Waals surface area contributed by atoms with Crippen molar-refractivity contribution in [2.75, 3.05) is 10.6 Å². The summed E-state index contributed by atoms with van der Waals surface area (Å²) in [5, 5.41) is 6.76. The summed E-state index contributed by atoms with van der Waals surface area (Å²) >= 11 is 3.61. The van der Waals surface area contributed by atoms with Crippen LogP contribution in [0.25, 0.3) is 11.3 Å². The third kappa shape index (κ3) is 4.82. The number of hydrogen-bond acceptors (Lipinski definition) is 4. The van der Waals surface area contributed by atoms with Gasteiger partial charge in [-0.15, -0.1) is 0 Å². The molecule has 2 N–H and O–H groups in total. The number of aryl methyl sites for hydroxylation is 1. The average Bonchev–Trinajstić information content (AvgIpc) is 2.56. The Balaban J connectivity index is 2.01. The third-order valence-corrected chi connectivity index (χ3v) is 4.33. The zero-order chi connectivity index (χ0) is 18.7. The van der Waals surface area contributed by atoms with Crippen molar-refractivity contribution in [2.24, 2.45) is 0 Å². The van der Waals surface area contributed by atoms with E-state index in [2.05, 4.69) is 83.5 Å². The van der Waals surface area contributed by atoms with Gasteiger partial charge in [0.25, 0.3) is 0 Å². The van der Waals surface area contributed by atoms with Gasteiger partial charge in [-0.2, -0.15) is 4.98 Å². The molecule has 3 rings (SSSR count). The minimum Gasteiger partial charge on any atom is -0.350 e. The summed E-state index contributed by atoms with van der Waals surface area (Å²) in [6.07, 6.45) is 0. The summed E-state index contributed by atoms with van der Waals surface area (Å²) in [6, 6.07) is 18.3. The van der Waals surface area contributed by atoms with Crippen molar-refractivity contribution in [1.82, 2.24) is 9.97 Å². The predicted molar refractivity (Wildman–Crippen MR) is 113 cm³/mol. The molecule has 0 aliphatic heterocycles. The largest absolute Gasteiger partial charge is 0.350 e. The van der Waals surface area contributed by atoms with Crippen LogP contribution >= 0.6 is 15.9 Å². The summed E-state index contributed by atoms with van der Waals surface area (Å²) in [5.41, 5.74) is 3.97. The van der Waals surface area contributed by atoms with Gasteiger partial charge in [0.05, 0.1) is 11.4 Å². The number of rotatable bonds is 4. The van der Waals surface area contributed by atoms with Crippen molar-refractivity contribution in [1.29, 1.82) is 0 Å². The molecule has 0 atom stereocenters. The van der Waals surface area contributed by atoms with Crippen LogP contribution in [-0.4, -0.2) is 15.5 Å².